The van der Waals surface area contributed by atoms with E-state index in [2.05, 4.69) is 10.1 Å². The van der Waals surface area contributed by atoms with Gasteiger partial charge in [0.25, 0.3) is 0 Å². The van der Waals surface area contributed by atoms with Gasteiger partial charge in [-0.05, 0) is 19.3 Å². The van der Waals surface area contributed by atoms with Crippen LogP contribution >= 0.6 is 0 Å². The van der Waals surface area contributed by atoms with Crippen LogP contribution in [0, 0.1) is 0 Å². The van der Waals surface area contributed by atoms with E-state index in [-0.39, 0.29) is 42.5 Å². The van der Waals surface area contributed by atoms with Crippen LogP contribution in [-0.2, 0) is 14.3 Å². The molecule has 0 spiro atoms. The molecule has 8 heteroatoms. The first-order chi connectivity index (χ1) is 9.17. The number of hydrogen-bond donors (Lipinski definition) is 2. The molecular weight excluding hydrogens is 277 g/mol. The van der Waals surface area contributed by atoms with Crippen LogP contribution in [0.15, 0.2) is 0 Å². The topological polar surface area (TPSA) is 73.6 Å². The second kappa shape index (κ2) is 4.32. The summed E-state index contributed by atoms with van der Waals surface area (Å²) in [5, 5.41) is 2.88. The average Bonchev–Trinajstić information content (AvgIpc) is 2.15. The Balaban J connectivity index is 1.29. The number of nitrogens with one attached hydrogen (secondary N) is 1. The molecule has 5 nitrogen and oxygen atoms in total. The maximum Gasteiger partial charge on any atom is 0.522 e. The Labute approximate surface area is 114 Å². The van der Waals surface area contributed by atoms with Gasteiger partial charge < -0.3 is 15.8 Å². The summed E-state index contributed by atoms with van der Waals surface area (Å²) in [5.41, 5.74) is 5.66. The Morgan fingerprint density at radius 3 is 2.35 bits per heavy atom. The summed E-state index contributed by atoms with van der Waals surface area (Å²) in [5.74, 6) is -0.230. The van der Waals surface area contributed by atoms with Crippen molar-refractivity contribution >= 4 is 5.91 Å². The van der Waals surface area contributed by atoms with Gasteiger partial charge in [0.15, 0.2) is 0 Å². The lowest BCUT2D eigenvalue weighted by atomic mass is 9.44. The molecule has 4 aliphatic carbocycles. The second-order valence-electron chi connectivity index (χ2n) is 6.31. The molecule has 0 aliphatic heterocycles. The molecule has 4 fully saturated rings. The van der Waals surface area contributed by atoms with E-state index >= 15 is 0 Å². The monoisotopic (exact) mass is 294 g/mol. The van der Waals surface area contributed by atoms with Crippen molar-refractivity contribution in [2.24, 2.45) is 5.73 Å². The maximum atomic E-state index is 11.9. The largest absolute Gasteiger partial charge is 0.522 e. The SMILES string of the molecule is NC12CC(NC(=O)CO[C@H]3C[C@@H](OC(F)(F)F)C3)(C1)C2. The fourth-order valence-electron chi connectivity index (χ4n) is 3.46. The molecule has 4 rings (SSSR count). The van der Waals surface area contributed by atoms with Crippen molar-refractivity contribution in [3.8, 4) is 0 Å². The Hall–Kier alpha value is -0.860. The smallest absolute Gasteiger partial charge is 0.368 e. The summed E-state index contributed by atoms with van der Waals surface area (Å²) in [6.45, 7) is -0.122. The van der Waals surface area contributed by atoms with Gasteiger partial charge in [-0.2, -0.15) is 0 Å². The van der Waals surface area contributed by atoms with Gasteiger partial charge in [-0.15, -0.1) is 13.2 Å². The van der Waals surface area contributed by atoms with Crippen LogP contribution in [0.25, 0.3) is 0 Å². The van der Waals surface area contributed by atoms with E-state index in [1.165, 1.54) is 0 Å². The minimum Gasteiger partial charge on any atom is -0.368 e. The molecule has 3 N–H and O–H groups in total. The molecule has 0 aromatic rings. The van der Waals surface area contributed by atoms with E-state index in [9.17, 15) is 18.0 Å². The highest BCUT2D eigenvalue weighted by molar-refractivity contribution is 5.79. The van der Waals surface area contributed by atoms with E-state index in [1.54, 1.807) is 0 Å². The minimum absolute atomic E-state index is 0.0791. The second-order valence-corrected chi connectivity index (χ2v) is 6.31. The first-order valence-electron chi connectivity index (χ1n) is 6.63. The molecule has 1 amide bonds. The Kier molecular flexibility index (Phi) is 3.04. The predicted octanol–water partition coefficient (Wildman–Crippen LogP) is 0.820. The number of amides is 1. The number of carbonyl (C=O) groups is 1. The van der Waals surface area contributed by atoms with Crippen molar-refractivity contribution in [1.29, 1.82) is 0 Å². The highest BCUT2D eigenvalue weighted by atomic mass is 19.4. The van der Waals surface area contributed by atoms with E-state index in [4.69, 9.17) is 10.5 Å². The summed E-state index contributed by atoms with van der Waals surface area (Å²) in [6, 6.07) is 0. The number of halogens is 3. The summed E-state index contributed by atoms with van der Waals surface area (Å²) in [7, 11) is 0. The van der Waals surface area contributed by atoms with E-state index in [0.29, 0.717) is 0 Å². The van der Waals surface area contributed by atoms with Crippen molar-refractivity contribution in [2.75, 3.05) is 6.61 Å². The summed E-state index contributed by atoms with van der Waals surface area (Å²) < 4.78 is 44.8. The standard InChI is InChI=1S/C12H17F3N2O3/c13-12(14,15)20-8-1-7(2-8)19-3-9(18)17-11-4-10(16,5-11)6-11/h7-8H,1-6,16H2,(H,17,18)/t7-,8+,10?,11?. The molecule has 4 saturated carbocycles. The van der Waals surface area contributed by atoms with Crippen LogP contribution in [0.4, 0.5) is 13.2 Å². The zero-order valence-corrected chi connectivity index (χ0v) is 10.8. The van der Waals surface area contributed by atoms with E-state index in [0.717, 1.165) is 19.3 Å². The zero-order chi connectivity index (χ0) is 14.6. The first kappa shape index (κ1) is 14.1. The Morgan fingerprint density at radius 1 is 1.25 bits per heavy atom. The number of nitrogens with two attached hydrogens (primary N) is 1. The molecule has 0 radical (unpaired) electrons. The fourth-order valence-corrected chi connectivity index (χ4v) is 3.46. The molecule has 0 atom stereocenters. The molecule has 0 aromatic heterocycles. The molecular formula is C12H17F3N2O3. The fraction of sp³-hybridized carbons (Fsp3) is 0.917. The Morgan fingerprint density at radius 2 is 1.85 bits per heavy atom. The van der Waals surface area contributed by atoms with Gasteiger partial charge in [-0.25, -0.2) is 0 Å². The van der Waals surface area contributed by atoms with Gasteiger partial charge in [0.2, 0.25) is 5.91 Å². The summed E-state index contributed by atoms with van der Waals surface area (Å²) in [6.07, 6.45) is -3.03. The number of carbonyl (C=O) groups excluding carboxylic acids is 1. The van der Waals surface area contributed by atoms with E-state index in [1.807, 2.05) is 0 Å². The number of hydrogen-bond acceptors (Lipinski definition) is 4. The van der Waals surface area contributed by atoms with Crippen molar-refractivity contribution < 1.29 is 27.4 Å². The quantitative estimate of drug-likeness (QED) is 0.787. The zero-order valence-electron chi connectivity index (χ0n) is 10.8. The van der Waals surface area contributed by atoms with Crippen LogP contribution in [-0.4, -0.2) is 42.2 Å². The van der Waals surface area contributed by atoms with Crippen molar-refractivity contribution in [2.45, 2.75) is 61.8 Å². The maximum absolute atomic E-state index is 11.9. The Bertz CT molecular complexity index is 401. The highest BCUT2D eigenvalue weighted by Crippen LogP contribution is 2.58. The van der Waals surface area contributed by atoms with Crippen molar-refractivity contribution in [1.82, 2.24) is 5.32 Å². The average molecular weight is 294 g/mol. The van der Waals surface area contributed by atoms with Crippen molar-refractivity contribution in [3.63, 3.8) is 0 Å². The molecule has 0 unspecified atom stereocenters. The van der Waals surface area contributed by atoms with E-state index < -0.39 is 12.5 Å². The lowest BCUT2D eigenvalue weighted by Gasteiger charge is -2.68. The third-order valence-electron chi connectivity index (χ3n) is 4.28. The van der Waals surface area contributed by atoms with Crippen LogP contribution in [0.2, 0.25) is 0 Å². The van der Waals surface area contributed by atoms with Crippen LogP contribution in [0.3, 0.4) is 0 Å². The van der Waals surface area contributed by atoms with Crippen LogP contribution in [0.1, 0.15) is 32.1 Å². The van der Waals surface area contributed by atoms with Gasteiger partial charge in [0.05, 0.1) is 12.2 Å². The molecule has 0 aromatic carbocycles. The molecule has 4 aliphatic rings. The third-order valence-corrected chi connectivity index (χ3v) is 4.28. The van der Waals surface area contributed by atoms with Crippen LogP contribution in [0.5, 0.6) is 0 Å². The predicted molar refractivity (Wildman–Crippen MR) is 61.5 cm³/mol. The summed E-state index contributed by atoms with van der Waals surface area (Å²) in [4.78, 5) is 11.6. The molecule has 0 heterocycles. The number of alkyl halides is 3. The lowest BCUT2D eigenvalue weighted by Crippen LogP contribution is -2.82. The normalized spacial score (nSPS) is 42.2. The van der Waals surface area contributed by atoms with Gasteiger partial charge in [-0.1, -0.05) is 0 Å². The highest BCUT2D eigenvalue weighted by Gasteiger charge is 2.66. The van der Waals surface area contributed by atoms with Gasteiger partial charge in [-0.3, -0.25) is 9.53 Å². The van der Waals surface area contributed by atoms with Crippen molar-refractivity contribution in [3.05, 3.63) is 0 Å². The molecule has 2 bridgehead atoms. The first-order valence-corrected chi connectivity index (χ1v) is 6.63. The molecule has 0 saturated heterocycles. The number of rotatable bonds is 5. The number of ether oxygens (including phenoxy) is 2. The minimum atomic E-state index is -4.60. The third kappa shape index (κ3) is 2.77. The van der Waals surface area contributed by atoms with Gasteiger partial charge >= 0.3 is 6.36 Å². The molecule has 114 valence electrons. The summed E-state index contributed by atoms with van der Waals surface area (Å²) >= 11 is 0. The van der Waals surface area contributed by atoms with Gasteiger partial charge in [0, 0.05) is 23.9 Å². The van der Waals surface area contributed by atoms with Gasteiger partial charge in [0.1, 0.15) is 6.61 Å². The molecule has 20 heavy (non-hydrogen) atoms. The van der Waals surface area contributed by atoms with Crippen LogP contribution < -0.4 is 11.1 Å². The lowest BCUT2D eigenvalue weighted by molar-refractivity contribution is -0.357.